The van der Waals surface area contributed by atoms with Crippen LogP contribution >= 0.6 is 0 Å². The van der Waals surface area contributed by atoms with Gasteiger partial charge >= 0.3 is 11.9 Å². The van der Waals surface area contributed by atoms with E-state index in [-0.39, 0.29) is 18.6 Å². The predicted molar refractivity (Wildman–Crippen MR) is 124 cm³/mol. The smallest absolute Gasteiger partial charge is 0.330 e. The van der Waals surface area contributed by atoms with E-state index in [1.165, 1.54) is 37.7 Å². The molecule has 4 aliphatic carbocycles. The molecule has 33 heavy (non-hydrogen) atoms. The molecule has 1 aromatic carbocycles. The maximum absolute atomic E-state index is 11.5. The highest BCUT2D eigenvalue weighted by Gasteiger charge is 2.57. The maximum atomic E-state index is 11.5. The topological polar surface area (TPSA) is 71.1 Å². The molecule has 0 aliphatic heterocycles. The quantitative estimate of drug-likeness (QED) is 0.355. The van der Waals surface area contributed by atoms with Crippen LogP contribution in [0.4, 0.5) is 0 Å². The molecule has 0 heterocycles. The lowest BCUT2D eigenvalue weighted by atomic mass is 9.65. The van der Waals surface area contributed by atoms with E-state index in [1.54, 1.807) is 13.8 Å². The number of carbonyl (C=O) groups excluding carboxylic acids is 2. The van der Waals surface area contributed by atoms with Crippen LogP contribution in [-0.2, 0) is 24.5 Å². The summed E-state index contributed by atoms with van der Waals surface area (Å²) < 4.78 is 22.6. The molecule has 0 radical (unpaired) electrons. The Hall–Kier alpha value is -2.76. The van der Waals surface area contributed by atoms with Gasteiger partial charge in [0.1, 0.15) is 36.9 Å². The van der Waals surface area contributed by atoms with Crippen LogP contribution in [0.1, 0.15) is 51.5 Å². The molecule has 4 fully saturated rings. The molecule has 4 aliphatic rings. The Balaban J connectivity index is 1.50. The molecule has 6 nitrogen and oxygen atoms in total. The zero-order valence-electron chi connectivity index (χ0n) is 19.6. The van der Waals surface area contributed by atoms with Crippen molar-refractivity contribution in [3.05, 3.63) is 49.1 Å². The molecule has 0 spiro atoms. The van der Waals surface area contributed by atoms with E-state index < -0.39 is 24.1 Å². The lowest BCUT2D eigenvalue weighted by Gasteiger charge is -2.40. The van der Waals surface area contributed by atoms with Gasteiger partial charge in [-0.05, 0) is 75.2 Å². The van der Waals surface area contributed by atoms with Gasteiger partial charge in [-0.2, -0.15) is 0 Å². The third-order valence-electron chi connectivity index (χ3n) is 7.37. The lowest BCUT2D eigenvalue weighted by Crippen LogP contribution is -2.32. The van der Waals surface area contributed by atoms with Crippen LogP contribution in [0.3, 0.4) is 0 Å². The van der Waals surface area contributed by atoms with Crippen molar-refractivity contribution in [3.63, 3.8) is 0 Å². The van der Waals surface area contributed by atoms with Gasteiger partial charge in [0.2, 0.25) is 0 Å². The molecule has 4 unspecified atom stereocenters. The van der Waals surface area contributed by atoms with E-state index in [9.17, 15) is 9.59 Å². The highest BCUT2D eigenvalue weighted by Crippen LogP contribution is 2.65. The monoisotopic (exact) mass is 454 g/mol. The molecule has 4 atom stereocenters. The number of rotatable bonds is 11. The molecule has 0 aromatic heterocycles. The SMILES string of the molecule is C=CC(=O)OC(C)COc1ccc(C23CC4CC(C2)C(C4)C3)c(OCC(C)OC(=O)C=C)c1. The third kappa shape index (κ3) is 5.10. The highest BCUT2D eigenvalue weighted by atomic mass is 16.6. The number of ether oxygens (including phenoxy) is 4. The first-order valence-electron chi connectivity index (χ1n) is 11.9. The van der Waals surface area contributed by atoms with Crippen molar-refractivity contribution < 1.29 is 28.5 Å². The van der Waals surface area contributed by atoms with Crippen molar-refractivity contribution >= 4 is 11.9 Å². The average Bonchev–Trinajstić information content (AvgIpc) is 3.22. The fraction of sp³-hybridized carbons (Fsp3) is 0.556. The molecule has 6 heteroatoms. The second-order valence-electron chi connectivity index (χ2n) is 9.93. The van der Waals surface area contributed by atoms with Crippen LogP contribution in [0.25, 0.3) is 0 Å². The van der Waals surface area contributed by atoms with E-state index >= 15 is 0 Å². The Labute approximate surface area is 195 Å². The van der Waals surface area contributed by atoms with E-state index in [1.807, 2.05) is 12.1 Å². The molecule has 178 valence electrons. The molecular formula is C27H34O6. The lowest BCUT2D eigenvalue weighted by molar-refractivity contribution is -0.144. The number of carbonyl (C=O) groups is 2. The third-order valence-corrected chi connectivity index (χ3v) is 7.37. The fourth-order valence-electron chi connectivity index (χ4n) is 6.27. The summed E-state index contributed by atoms with van der Waals surface area (Å²) in [4.78, 5) is 22.9. The van der Waals surface area contributed by atoms with Crippen molar-refractivity contribution in [2.75, 3.05) is 13.2 Å². The first-order chi connectivity index (χ1) is 15.8. The Kier molecular flexibility index (Phi) is 6.82. The van der Waals surface area contributed by atoms with Gasteiger partial charge < -0.3 is 18.9 Å². The van der Waals surface area contributed by atoms with Crippen molar-refractivity contribution in [1.29, 1.82) is 0 Å². The molecule has 0 saturated heterocycles. The van der Waals surface area contributed by atoms with Crippen molar-refractivity contribution in [1.82, 2.24) is 0 Å². The van der Waals surface area contributed by atoms with Gasteiger partial charge in [0.05, 0.1) is 0 Å². The number of esters is 2. The maximum Gasteiger partial charge on any atom is 0.330 e. The summed E-state index contributed by atoms with van der Waals surface area (Å²) in [7, 11) is 0. The van der Waals surface area contributed by atoms with E-state index in [2.05, 4.69) is 19.2 Å². The van der Waals surface area contributed by atoms with Gasteiger partial charge in [-0.3, -0.25) is 0 Å². The molecular weight excluding hydrogens is 420 g/mol. The minimum absolute atomic E-state index is 0.165. The molecule has 0 N–H and O–H groups in total. The first-order valence-corrected chi connectivity index (χ1v) is 11.9. The van der Waals surface area contributed by atoms with Gasteiger partial charge in [0.15, 0.2) is 0 Å². The molecule has 4 bridgehead atoms. The fourth-order valence-corrected chi connectivity index (χ4v) is 6.27. The van der Waals surface area contributed by atoms with E-state index in [0.29, 0.717) is 5.75 Å². The van der Waals surface area contributed by atoms with Crippen LogP contribution < -0.4 is 9.47 Å². The number of benzene rings is 1. The summed E-state index contributed by atoms with van der Waals surface area (Å²) >= 11 is 0. The van der Waals surface area contributed by atoms with Crippen LogP contribution in [0.2, 0.25) is 0 Å². The van der Waals surface area contributed by atoms with Crippen molar-refractivity contribution in [2.24, 2.45) is 17.8 Å². The Morgan fingerprint density at radius 1 is 0.970 bits per heavy atom. The summed E-state index contributed by atoms with van der Waals surface area (Å²) in [6.45, 7) is 10.9. The largest absolute Gasteiger partial charge is 0.490 e. The summed E-state index contributed by atoms with van der Waals surface area (Å²) in [6, 6.07) is 6.04. The highest BCUT2D eigenvalue weighted by molar-refractivity contribution is 5.81. The normalized spacial score (nSPS) is 28.6. The van der Waals surface area contributed by atoms with E-state index in [4.69, 9.17) is 18.9 Å². The number of hydrogen-bond donors (Lipinski definition) is 0. The van der Waals surface area contributed by atoms with Gasteiger partial charge in [0, 0.05) is 23.8 Å². The van der Waals surface area contributed by atoms with Gasteiger partial charge in [0.25, 0.3) is 0 Å². The second-order valence-corrected chi connectivity index (χ2v) is 9.93. The summed E-state index contributed by atoms with van der Waals surface area (Å²) in [5, 5.41) is 0. The average molecular weight is 455 g/mol. The minimum atomic E-state index is -0.473. The number of hydrogen-bond acceptors (Lipinski definition) is 6. The first kappa shape index (κ1) is 23.4. The van der Waals surface area contributed by atoms with Crippen molar-refractivity contribution in [3.8, 4) is 11.5 Å². The van der Waals surface area contributed by atoms with Gasteiger partial charge in [-0.1, -0.05) is 19.2 Å². The zero-order valence-corrected chi connectivity index (χ0v) is 19.6. The van der Waals surface area contributed by atoms with Gasteiger partial charge in [-0.25, -0.2) is 9.59 Å². The molecule has 1 aromatic rings. The summed E-state index contributed by atoms with van der Waals surface area (Å²) in [5.41, 5.74) is 1.40. The molecule has 5 rings (SSSR count). The second kappa shape index (κ2) is 9.62. The van der Waals surface area contributed by atoms with Crippen LogP contribution in [0, 0.1) is 17.8 Å². The Morgan fingerprint density at radius 3 is 2.09 bits per heavy atom. The van der Waals surface area contributed by atoms with Crippen molar-refractivity contribution in [2.45, 2.75) is 63.6 Å². The van der Waals surface area contributed by atoms with Crippen LogP contribution in [-0.4, -0.2) is 37.4 Å². The van der Waals surface area contributed by atoms with E-state index in [0.717, 1.165) is 35.7 Å². The molecule has 4 saturated carbocycles. The summed E-state index contributed by atoms with van der Waals surface area (Å²) in [5.74, 6) is 2.99. The zero-order chi connectivity index (χ0) is 23.6. The predicted octanol–water partition coefficient (Wildman–Crippen LogP) is 4.76. The van der Waals surface area contributed by atoms with Gasteiger partial charge in [-0.15, -0.1) is 0 Å². The minimum Gasteiger partial charge on any atom is -0.490 e. The molecule has 0 amide bonds. The van der Waals surface area contributed by atoms with Crippen LogP contribution in [0.15, 0.2) is 43.5 Å². The van der Waals surface area contributed by atoms with Crippen LogP contribution in [0.5, 0.6) is 11.5 Å². The Morgan fingerprint density at radius 2 is 1.55 bits per heavy atom. The Bertz CT molecular complexity index is 902. The summed E-state index contributed by atoms with van der Waals surface area (Å²) in [6.07, 6.45) is 7.90. The standard InChI is InChI=1S/C27H34O6/c1-5-25(28)32-17(3)15-30-22-7-8-23(24(11-22)31-16-18(4)33-26(29)6-2)27-12-19-9-20(13-27)21(10-19)14-27/h5-8,11,17-21H,1-2,9-10,12-16H2,3-4H3.